The number of fused-ring (bicyclic) bond motifs is 1. The fourth-order valence-electron chi connectivity index (χ4n) is 3.37. The number of benzene rings is 3. The molecule has 3 nitrogen and oxygen atoms in total. The highest BCUT2D eigenvalue weighted by atomic mass is 32.2. The van der Waals surface area contributed by atoms with E-state index in [1.807, 2.05) is 43.3 Å². The first-order chi connectivity index (χ1) is 15.2. The number of hydrogen-bond donors (Lipinski definition) is 1. The Morgan fingerprint density at radius 1 is 1.09 bits per heavy atom. The lowest BCUT2D eigenvalue weighted by Gasteiger charge is -2.07. The predicted molar refractivity (Wildman–Crippen MR) is 122 cm³/mol. The van der Waals surface area contributed by atoms with E-state index in [0.717, 1.165) is 43.9 Å². The SMILES string of the molecule is Cc1nc(-c2ccc(C(F)(F)F)cc2)sc1CSc1ccc2c(CC(=O)O)cccc2c1. The van der Waals surface area contributed by atoms with Crippen molar-refractivity contribution >= 4 is 39.8 Å². The van der Waals surface area contributed by atoms with Crippen LogP contribution in [0.25, 0.3) is 21.3 Å². The largest absolute Gasteiger partial charge is 0.481 e. The summed E-state index contributed by atoms with van der Waals surface area (Å²) in [5, 5.41) is 11.7. The molecule has 8 heteroatoms. The van der Waals surface area contributed by atoms with Gasteiger partial charge in [-0.2, -0.15) is 13.2 Å². The monoisotopic (exact) mass is 473 g/mol. The Morgan fingerprint density at radius 2 is 1.84 bits per heavy atom. The predicted octanol–water partition coefficient (Wildman–Crippen LogP) is 7.21. The van der Waals surface area contributed by atoms with Gasteiger partial charge >= 0.3 is 12.1 Å². The maximum Gasteiger partial charge on any atom is 0.416 e. The molecule has 0 saturated heterocycles. The Balaban J connectivity index is 1.50. The normalized spacial score (nSPS) is 11.8. The van der Waals surface area contributed by atoms with Gasteiger partial charge in [0.25, 0.3) is 0 Å². The lowest BCUT2D eigenvalue weighted by Crippen LogP contribution is -2.03. The zero-order valence-corrected chi connectivity index (χ0v) is 18.6. The maximum absolute atomic E-state index is 12.8. The van der Waals surface area contributed by atoms with E-state index in [4.69, 9.17) is 5.11 Å². The summed E-state index contributed by atoms with van der Waals surface area (Å²) in [5.74, 6) is -0.176. The van der Waals surface area contributed by atoms with Crippen molar-refractivity contribution in [2.24, 2.45) is 0 Å². The molecular formula is C24H18F3NO2S2. The van der Waals surface area contributed by atoms with Crippen molar-refractivity contribution in [3.05, 3.63) is 82.4 Å². The van der Waals surface area contributed by atoms with Gasteiger partial charge in [0.15, 0.2) is 0 Å². The quantitative estimate of drug-likeness (QED) is 0.301. The molecular weight excluding hydrogens is 455 g/mol. The molecule has 0 fully saturated rings. The lowest BCUT2D eigenvalue weighted by molar-refractivity contribution is -0.138. The van der Waals surface area contributed by atoms with Gasteiger partial charge in [-0.25, -0.2) is 4.98 Å². The molecule has 0 saturated carbocycles. The van der Waals surface area contributed by atoms with Crippen molar-refractivity contribution in [1.82, 2.24) is 4.98 Å². The van der Waals surface area contributed by atoms with Gasteiger partial charge in [0.1, 0.15) is 5.01 Å². The molecule has 0 spiro atoms. The minimum atomic E-state index is -4.35. The number of carbonyl (C=O) groups is 1. The van der Waals surface area contributed by atoms with Crippen LogP contribution in [0, 0.1) is 6.92 Å². The molecule has 1 aromatic heterocycles. The molecule has 4 aromatic rings. The zero-order valence-electron chi connectivity index (χ0n) is 16.9. The van der Waals surface area contributed by atoms with Crippen molar-refractivity contribution in [3.63, 3.8) is 0 Å². The lowest BCUT2D eigenvalue weighted by atomic mass is 10.0. The van der Waals surface area contributed by atoms with Crippen LogP contribution in [-0.2, 0) is 23.1 Å². The molecule has 1 N–H and O–H groups in total. The average molecular weight is 474 g/mol. The van der Waals surface area contributed by atoms with Crippen LogP contribution in [0.4, 0.5) is 13.2 Å². The number of thiazole rings is 1. The van der Waals surface area contributed by atoms with Crippen molar-refractivity contribution in [1.29, 1.82) is 0 Å². The van der Waals surface area contributed by atoms with Gasteiger partial charge < -0.3 is 5.11 Å². The second kappa shape index (κ2) is 8.96. The van der Waals surface area contributed by atoms with Crippen molar-refractivity contribution in [2.75, 3.05) is 0 Å². The van der Waals surface area contributed by atoms with Gasteiger partial charge in [-0.1, -0.05) is 36.4 Å². The summed E-state index contributed by atoms with van der Waals surface area (Å²) >= 11 is 3.12. The molecule has 1 heterocycles. The topological polar surface area (TPSA) is 50.2 Å². The molecule has 0 amide bonds. The Kier molecular flexibility index (Phi) is 6.26. The number of alkyl halides is 3. The van der Waals surface area contributed by atoms with E-state index in [1.54, 1.807) is 11.8 Å². The number of carboxylic acid groups (broad SMARTS) is 1. The van der Waals surface area contributed by atoms with E-state index in [2.05, 4.69) is 4.98 Å². The fraction of sp³-hybridized carbons (Fsp3) is 0.167. The van der Waals surface area contributed by atoms with Crippen LogP contribution in [0.2, 0.25) is 0 Å². The van der Waals surface area contributed by atoms with Crippen LogP contribution < -0.4 is 0 Å². The molecule has 0 atom stereocenters. The number of carboxylic acids is 1. The summed E-state index contributed by atoms with van der Waals surface area (Å²) in [6, 6.07) is 16.7. The van der Waals surface area contributed by atoms with Crippen LogP contribution in [0.1, 0.15) is 21.7 Å². The summed E-state index contributed by atoms with van der Waals surface area (Å²) in [5.41, 5.74) is 1.64. The maximum atomic E-state index is 12.8. The number of aryl methyl sites for hydroxylation is 1. The first-order valence-corrected chi connectivity index (χ1v) is 11.5. The number of aromatic nitrogens is 1. The standard InChI is InChI=1S/C24H18F3NO2S2/c1-14-21(32-23(28-14)15-5-7-18(8-6-15)24(25,26)27)13-31-19-9-10-20-16(11-19)3-2-4-17(20)12-22(29)30/h2-11H,12-13H2,1H3,(H,29,30). The second-order valence-corrected chi connectivity index (χ2v) is 9.39. The number of thioether (sulfide) groups is 1. The van der Waals surface area contributed by atoms with Gasteiger partial charge in [-0.15, -0.1) is 23.1 Å². The van der Waals surface area contributed by atoms with E-state index in [1.165, 1.54) is 23.5 Å². The smallest absolute Gasteiger partial charge is 0.416 e. The zero-order chi connectivity index (χ0) is 22.9. The van der Waals surface area contributed by atoms with Gasteiger partial charge in [0.05, 0.1) is 17.7 Å². The number of hydrogen-bond acceptors (Lipinski definition) is 4. The highest BCUT2D eigenvalue weighted by Crippen LogP contribution is 2.35. The summed E-state index contributed by atoms with van der Waals surface area (Å²) in [7, 11) is 0. The molecule has 4 rings (SSSR count). The highest BCUT2D eigenvalue weighted by Gasteiger charge is 2.30. The Morgan fingerprint density at radius 3 is 2.53 bits per heavy atom. The first kappa shape index (κ1) is 22.4. The van der Waals surface area contributed by atoms with Crippen molar-refractivity contribution < 1.29 is 23.1 Å². The van der Waals surface area contributed by atoms with Crippen molar-refractivity contribution in [2.45, 2.75) is 30.2 Å². The molecule has 3 aromatic carbocycles. The Hall–Kier alpha value is -2.84. The van der Waals surface area contributed by atoms with E-state index in [-0.39, 0.29) is 6.42 Å². The van der Waals surface area contributed by atoms with Crippen LogP contribution >= 0.6 is 23.1 Å². The number of aliphatic carboxylic acids is 1. The van der Waals surface area contributed by atoms with E-state index in [9.17, 15) is 18.0 Å². The van der Waals surface area contributed by atoms with Crippen LogP contribution in [0.5, 0.6) is 0 Å². The second-order valence-electron chi connectivity index (χ2n) is 7.26. The Labute approximate surface area is 190 Å². The number of halogens is 3. The molecule has 32 heavy (non-hydrogen) atoms. The Bertz CT molecular complexity index is 1280. The van der Waals surface area contributed by atoms with Gasteiger partial charge in [0.2, 0.25) is 0 Å². The molecule has 0 aliphatic heterocycles. The average Bonchev–Trinajstić information content (AvgIpc) is 3.12. The molecule has 0 aliphatic carbocycles. The summed E-state index contributed by atoms with van der Waals surface area (Å²) in [6.45, 7) is 1.90. The minimum Gasteiger partial charge on any atom is -0.481 e. The van der Waals surface area contributed by atoms with Gasteiger partial charge in [-0.3, -0.25) is 4.79 Å². The third-order valence-electron chi connectivity index (χ3n) is 5.01. The van der Waals surface area contributed by atoms with Gasteiger partial charge in [0, 0.05) is 21.1 Å². The first-order valence-electron chi connectivity index (χ1n) is 9.71. The van der Waals surface area contributed by atoms with Crippen LogP contribution in [-0.4, -0.2) is 16.1 Å². The van der Waals surface area contributed by atoms with Crippen LogP contribution in [0.3, 0.4) is 0 Å². The van der Waals surface area contributed by atoms with E-state index < -0.39 is 17.7 Å². The van der Waals surface area contributed by atoms with Crippen molar-refractivity contribution in [3.8, 4) is 10.6 Å². The van der Waals surface area contributed by atoms with E-state index in [0.29, 0.717) is 16.3 Å². The molecule has 0 unspecified atom stereocenters. The number of rotatable bonds is 6. The third-order valence-corrected chi connectivity index (χ3v) is 7.42. The third kappa shape index (κ3) is 4.97. The summed E-state index contributed by atoms with van der Waals surface area (Å²) in [6.07, 6.45) is -4.37. The summed E-state index contributed by atoms with van der Waals surface area (Å²) < 4.78 is 38.4. The molecule has 164 valence electrons. The van der Waals surface area contributed by atoms with E-state index >= 15 is 0 Å². The van der Waals surface area contributed by atoms with Crippen LogP contribution in [0.15, 0.2) is 65.6 Å². The number of nitrogens with zero attached hydrogens (tertiary/aromatic N) is 1. The summed E-state index contributed by atoms with van der Waals surface area (Å²) in [4.78, 5) is 17.7. The molecule has 0 bridgehead atoms. The molecule has 0 aliphatic rings. The van der Waals surface area contributed by atoms with Gasteiger partial charge in [-0.05, 0) is 47.5 Å². The molecule has 0 radical (unpaired) electrons. The highest BCUT2D eigenvalue weighted by molar-refractivity contribution is 7.98. The fourth-order valence-corrected chi connectivity index (χ4v) is 5.53. The minimum absolute atomic E-state index is 0.0172.